The van der Waals surface area contributed by atoms with Crippen LogP contribution in [0.25, 0.3) is 0 Å². The van der Waals surface area contributed by atoms with Crippen LogP contribution >= 0.6 is 0 Å². The summed E-state index contributed by atoms with van der Waals surface area (Å²) in [5.74, 6) is 0.900. The van der Waals surface area contributed by atoms with E-state index in [1.54, 1.807) is 7.11 Å². The Bertz CT molecular complexity index is 564. The van der Waals surface area contributed by atoms with Gasteiger partial charge in [0.05, 0.1) is 18.5 Å². The number of para-hydroxylation sites is 2. The fourth-order valence-corrected chi connectivity index (χ4v) is 2.42. The second-order valence-corrected chi connectivity index (χ2v) is 5.51. The number of nitrogens with one attached hydrogen (secondary N) is 1. The van der Waals surface area contributed by atoms with Gasteiger partial charge in [0.2, 0.25) is 0 Å². The van der Waals surface area contributed by atoms with Crippen molar-refractivity contribution in [3.63, 3.8) is 0 Å². The summed E-state index contributed by atoms with van der Waals surface area (Å²) >= 11 is 0. The summed E-state index contributed by atoms with van der Waals surface area (Å²) in [4.78, 5) is 2.13. The second-order valence-electron chi connectivity index (χ2n) is 5.51. The zero-order valence-corrected chi connectivity index (χ0v) is 13.3. The first-order valence-electron chi connectivity index (χ1n) is 7.26. The Morgan fingerprint density at radius 2 is 1.71 bits per heavy atom. The van der Waals surface area contributed by atoms with Crippen molar-refractivity contribution < 1.29 is 4.74 Å². The molecular formula is C18H24N2O. The van der Waals surface area contributed by atoms with Crippen molar-refractivity contribution in [3.8, 4) is 5.75 Å². The molecule has 112 valence electrons. The highest BCUT2D eigenvalue weighted by Gasteiger charge is 2.08. The van der Waals surface area contributed by atoms with E-state index in [1.807, 2.05) is 12.1 Å². The molecule has 0 aliphatic rings. The molecule has 1 atom stereocenters. The van der Waals surface area contributed by atoms with E-state index < -0.39 is 0 Å². The molecule has 0 saturated carbocycles. The van der Waals surface area contributed by atoms with Crippen molar-refractivity contribution in [2.45, 2.75) is 19.4 Å². The van der Waals surface area contributed by atoms with Crippen LogP contribution in [0.3, 0.4) is 0 Å². The molecule has 0 fully saturated rings. The van der Waals surface area contributed by atoms with Crippen molar-refractivity contribution in [1.82, 2.24) is 0 Å². The summed E-state index contributed by atoms with van der Waals surface area (Å²) in [6.45, 7) is 2.21. The molecule has 1 N–H and O–H groups in total. The van der Waals surface area contributed by atoms with Gasteiger partial charge in [-0.25, -0.2) is 0 Å². The number of hydrogen-bond donors (Lipinski definition) is 1. The van der Waals surface area contributed by atoms with Gasteiger partial charge in [-0.2, -0.15) is 0 Å². The van der Waals surface area contributed by atoms with Crippen LogP contribution in [0.5, 0.6) is 5.75 Å². The third kappa shape index (κ3) is 4.15. The molecule has 1 unspecified atom stereocenters. The topological polar surface area (TPSA) is 24.5 Å². The van der Waals surface area contributed by atoms with Crippen molar-refractivity contribution in [2.75, 3.05) is 31.4 Å². The lowest BCUT2D eigenvalue weighted by Gasteiger charge is -2.22. The van der Waals surface area contributed by atoms with Gasteiger partial charge in [0.15, 0.2) is 0 Å². The van der Waals surface area contributed by atoms with Crippen molar-refractivity contribution in [2.24, 2.45) is 0 Å². The lowest BCUT2D eigenvalue weighted by Crippen LogP contribution is -2.20. The third-order valence-electron chi connectivity index (χ3n) is 3.49. The quantitative estimate of drug-likeness (QED) is 0.873. The van der Waals surface area contributed by atoms with E-state index in [9.17, 15) is 0 Å². The normalized spacial score (nSPS) is 11.8. The zero-order chi connectivity index (χ0) is 15.2. The van der Waals surface area contributed by atoms with Gasteiger partial charge >= 0.3 is 0 Å². The van der Waals surface area contributed by atoms with Gasteiger partial charge in [-0.05, 0) is 43.2 Å². The average Bonchev–Trinajstić information content (AvgIpc) is 2.48. The largest absolute Gasteiger partial charge is 0.497 e. The van der Waals surface area contributed by atoms with Crippen LogP contribution in [0.2, 0.25) is 0 Å². The minimum absolute atomic E-state index is 0.361. The summed E-state index contributed by atoms with van der Waals surface area (Å²) in [7, 11) is 5.82. The van der Waals surface area contributed by atoms with Crippen LogP contribution in [0.15, 0.2) is 48.5 Å². The molecule has 21 heavy (non-hydrogen) atoms. The van der Waals surface area contributed by atoms with Crippen molar-refractivity contribution >= 4 is 11.4 Å². The Hall–Kier alpha value is -2.16. The van der Waals surface area contributed by atoms with Gasteiger partial charge in [0, 0.05) is 20.1 Å². The summed E-state index contributed by atoms with van der Waals surface area (Å²) in [6, 6.07) is 17.0. The third-order valence-corrected chi connectivity index (χ3v) is 3.49. The van der Waals surface area contributed by atoms with Gasteiger partial charge in [-0.3, -0.25) is 0 Å². The van der Waals surface area contributed by atoms with Crippen LogP contribution in [-0.2, 0) is 6.42 Å². The first-order valence-corrected chi connectivity index (χ1v) is 7.26. The molecule has 0 aromatic heterocycles. The SMILES string of the molecule is COc1ccc(CC(C)Nc2ccccc2N(C)C)cc1. The molecule has 3 heteroatoms. The van der Waals surface area contributed by atoms with Crippen molar-refractivity contribution in [3.05, 3.63) is 54.1 Å². The van der Waals surface area contributed by atoms with Gasteiger partial charge in [0.1, 0.15) is 5.75 Å². The monoisotopic (exact) mass is 284 g/mol. The standard InChI is InChI=1S/C18H24N2O/c1-14(13-15-9-11-16(21-4)12-10-15)19-17-7-5-6-8-18(17)20(2)3/h5-12,14,19H,13H2,1-4H3. The highest BCUT2D eigenvalue weighted by Crippen LogP contribution is 2.24. The number of anilines is 2. The Labute approximate surface area is 127 Å². The van der Waals surface area contributed by atoms with E-state index >= 15 is 0 Å². The number of ether oxygens (including phenoxy) is 1. The predicted octanol–water partition coefficient (Wildman–Crippen LogP) is 3.80. The molecule has 2 aromatic carbocycles. The fraction of sp³-hybridized carbons (Fsp3) is 0.333. The van der Waals surface area contributed by atoms with E-state index in [4.69, 9.17) is 4.74 Å². The van der Waals surface area contributed by atoms with Gasteiger partial charge < -0.3 is 15.0 Å². The van der Waals surface area contributed by atoms with Crippen molar-refractivity contribution in [1.29, 1.82) is 0 Å². The lowest BCUT2D eigenvalue weighted by atomic mass is 10.1. The van der Waals surface area contributed by atoms with E-state index in [0.717, 1.165) is 12.2 Å². The Morgan fingerprint density at radius 1 is 1.05 bits per heavy atom. The van der Waals surface area contributed by atoms with E-state index in [2.05, 4.69) is 67.6 Å². The Balaban J connectivity index is 2.02. The summed E-state index contributed by atoms with van der Waals surface area (Å²) in [5.41, 5.74) is 3.68. The number of rotatable bonds is 6. The first kappa shape index (κ1) is 15.2. The first-order chi connectivity index (χ1) is 10.1. The van der Waals surface area contributed by atoms with Crippen LogP contribution in [0, 0.1) is 0 Å². The molecular weight excluding hydrogens is 260 g/mol. The molecule has 0 radical (unpaired) electrons. The minimum atomic E-state index is 0.361. The van der Waals surface area contributed by atoms with E-state index in [-0.39, 0.29) is 0 Å². The molecule has 0 spiro atoms. The smallest absolute Gasteiger partial charge is 0.118 e. The summed E-state index contributed by atoms with van der Waals surface area (Å²) in [5, 5.41) is 3.60. The average molecular weight is 284 g/mol. The zero-order valence-electron chi connectivity index (χ0n) is 13.3. The van der Waals surface area contributed by atoms with Crippen LogP contribution in [-0.4, -0.2) is 27.2 Å². The maximum absolute atomic E-state index is 5.19. The number of benzene rings is 2. The van der Waals surface area contributed by atoms with Crippen LogP contribution in [0.4, 0.5) is 11.4 Å². The predicted molar refractivity (Wildman–Crippen MR) is 90.6 cm³/mol. The summed E-state index contributed by atoms with van der Waals surface area (Å²) in [6.07, 6.45) is 0.978. The molecule has 0 amide bonds. The molecule has 0 saturated heterocycles. The maximum atomic E-state index is 5.19. The molecule has 2 rings (SSSR count). The lowest BCUT2D eigenvalue weighted by molar-refractivity contribution is 0.414. The van der Waals surface area contributed by atoms with Gasteiger partial charge in [-0.1, -0.05) is 24.3 Å². The molecule has 0 bridgehead atoms. The number of methoxy groups -OCH3 is 1. The second kappa shape index (κ2) is 7.02. The molecule has 3 nitrogen and oxygen atoms in total. The number of hydrogen-bond acceptors (Lipinski definition) is 3. The molecule has 0 aliphatic carbocycles. The van der Waals surface area contributed by atoms with Gasteiger partial charge in [0.25, 0.3) is 0 Å². The Morgan fingerprint density at radius 3 is 2.33 bits per heavy atom. The Kier molecular flexibility index (Phi) is 5.09. The maximum Gasteiger partial charge on any atom is 0.118 e. The highest BCUT2D eigenvalue weighted by atomic mass is 16.5. The fourth-order valence-electron chi connectivity index (χ4n) is 2.42. The minimum Gasteiger partial charge on any atom is -0.497 e. The molecule has 0 heterocycles. The van der Waals surface area contributed by atoms with E-state index in [1.165, 1.54) is 16.9 Å². The van der Waals surface area contributed by atoms with Crippen LogP contribution < -0.4 is 15.0 Å². The highest BCUT2D eigenvalue weighted by molar-refractivity contribution is 5.69. The van der Waals surface area contributed by atoms with Gasteiger partial charge in [-0.15, -0.1) is 0 Å². The molecule has 0 aliphatic heterocycles. The summed E-state index contributed by atoms with van der Waals surface area (Å²) < 4.78 is 5.19. The number of nitrogens with zero attached hydrogens (tertiary/aromatic N) is 1. The van der Waals surface area contributed by atoms with E-state index in [0.29, 0.717) is 6.04 Å². The molecule has 2 aromatic rings. The van der Waals surface area contributed by atoms with Crippen LogP contribution in [0.1, 0.15) is 12.5 Å².